The van der Waals surface area contributed by atoms with Crippen molar-refractivity contribution in [1.29, 1.82) is 0 Å². The van der Waals surface area contributed by atoms with Crippen molar-refractivity contribution in [2.24, 2.45) is 5.73 Å². The number of pyridine rings is 1. The van der Waals surface area contributed by atoms with E-state index >= 15 is 0 Å². The molecule has 11 heteroatoms. The van der Waals surface area contributed by atoms with Gasteiger partial charge in [-0.2, -0.15) is 0 Å². The molecule has 3 aromatic rings. The smallest absolute Gasteiger partial charge is 0.263 e. The largest absolute Gasteiger partial charge is 0.397 e. The Morgan fingerprint density at radius 2 is 2.03 bits per heavy atom. The zero-order chi connectivity index (χ0) is 27.2. The molecular formula is C27H37N7O3S. The number of aryl methyl sites for hydroxylation is 3. The second-order valence-electron chi connectivity index (χ2n) is 11.0. The number of fused-ring (bicyclic) bond motifs is 2. The van der Waals surface area contributed by atoms with Gasteiger partial charge in [-0.05, 0) is 58.6 Å². The van der Waals surface area contributed by atoms with Crippen molar-refractivity contribution >= 4 is 39.0 Å². The van der Waals surface area contributed by atoms with Gasteiger partial charge in [0.15, 0.2) is 0 Å². The van der Waals surface area contributed by atoms with Crippen molar-refractivity contribution in [1.82, 2.24) is 20.3 Å². The van der Waals surface area contributed by atoms with Crippen molar-refractivity contribution < 1.29 is 14.3 Å². The normalized spacial score (nSPS) is 21.6. The van der Waals surface area contributed by atoms with Gasteiger partial charge in [0.05, 0.1) is 41.1 Å². The lowest BCUT2D eigenvalue weighted by Crippen LogP contribution is -2.43. The SMILES string of the molecule is COCC(C)(C)OC1CN(c2ccc3c(n2)CCC(NC(=O)c2sc4nc(C)nc(C)c4c2N)C3)CC1N. The van der Waals surface area contributed by atoms with Gasteiger partial charge in [0.2, 0.25) is 0 Å². The highest BCUT2D eigenvalue weighted by atomic mass is 32.1. The first-order valence-electron chi connectivity index (χ1n) is 13.0. The number of hydrogen-bond donors (Lipinski definition) is 3. The van der Waals surface area contributed by atoms with Crippen molar-refractivity contribution in [2.75, 3.05) is 37.4 Å². The first kappa shape index (κ1) is 26.7. The number of carbonyl (C=O) groups is 1. The molecule has 4 heterocycles. The third kappa shape index (κ3) is 5.33. The summed E-state index contributed by atoms with van der Waals surface area (Å²) in [6.45, 7) is 9.67. The standard InChI is InChI=1S/C27H37N7O3S/c1-14-22-23(29)24(38-26(22)31-15(2)30-14)25(35)32-17-7-8-19-16(10-17)6-9-21(33-19)34-11-18(28)20(12-34)37-27(3,4)13-36-5/h6,9,17-18,20H,7-8,10-13,28-29H2,1-5H3,(H,32,35). The summed E-state index contributed by atoms with van der Waals surface area (Å²) in [5.74, 6) is 1.43. The number of nitrogens with zero attached hydrogens (tertiary/aromatic N) is 4. The highest BCUT2D eigenvalue weighted by Gasteiger charge is 2.36. The number of methoxy groups -OCH3 is 1. The summed E-state index contributed by atoms with van der Waals surface area (Å²) in [5.41, 5.74) is 15.9. The molecule has 1 saturated heterocycles. The number of rotatable bonds is 7. The lowest BCUT2D eigenvalue weighted by atomic mass is 9.91. The van der Waals surface area contributed by atoms with Gasteiger partial charge in [-0.15, -0.1) is 11.3 Å². The molecular weight excluding hydrogens is 502 g/mol. The molecule has 1 aliphatic heterocycles. The number of nitrogen functional groups attached to an aromatic ring is 1. The number of anilines is 2. The van der Waals surface area contributed by atoms with Crippen LogP contribution in [0.2, 0.25) is 0 Å². The van der Waals surface area contributed by atoms with Crippen LogP contribution in [0.4, 0.5) is 11.5 Å². The van der Waals surface area contributed by atoms with Crippen LogP contribution in [-0.4, -0.2) is 71.5 Å². The lowest BCUT2D eigenvalue weighted by molar-refractivity contribution is -0.102. The average Bonchev–Trinajstić information content (AvgIpc) is 3.37. The summed E-state index contributed by atoms with van der Waals surface area (Å²) in [6.07, 6.45) is 2.25. The van der Waals surface area contributed by atoms with E-state index < -0.39 is 5.60 Å². The van der Waals surface area contributed by atoms with E-state index in [4.69, 9.17) is 25.9 Å². The molecule has 3 aromatic heterocycles. The van der Waals surface area contributed by atoms with E-state index in [9.17, 15) is 4.79 Å². The Hall–Kier alpha value is -2.86. The van der Waals surface area contributed by atoms with Gasteiger partial charge >= 0.3 is 0 Å². The Morgan fingerprint density at radius 1 is 1.24 bits per heavy atom. The molecule has 3 unspecified atom stereocenters. The van der Waals surface area contributed by atoms with E-state index in [1.165, 1.54) is 11.3 Å². The van der Waals surface area contributed by atoms with Crippen LogP contribution in [0.15, 0.2) is 12.1 Å². The Bertz CT molecular complexity index is 1360. The highest BCUT2D eigenvalue weighted by molar-refractivity contribution is 7.21. The van der Waals surface area contributed by atoms with Crippen LogP contribution in [-0.2, 0) is 22.3 Å². The van der Waals surface area contributed by atoms with Crippen molar-refractivity contribution in [2.45, 2.75) is 70.7 Å². The van der Waals surface area contributed by atoms with Crippen molar-refractivity contribution in [3.05, 3.63) is 39.8 Å². The first-order chi connectivity index (χ1) is 18.0. The molecule has 2 aliphatic rings. The topological polar surface area (TPSA) is 142 Å². The minimum atomic E-state index is -0.401. The number of aromatic nitrogens is 3. The fourth-order valence-corrected chi connectivity index (χ4v) is 6.65. The second kappa shape index (κ2) is 10.4. The van der Waals surface area contributed by atoms with Gasteiger partial charge in [0.25, 0.3) is 5.91 Å². The maximum Gasteiger partial charge on any atom is 0.263 e. The van der Waals surface area contributed by atoms with E-state index in [-0.39, 0.29) is 24.1 Å². The summed E-state index contributed by atoms with van der Waals surface area (Å²) in [6, 6.07) is 4.09. The molecule has 1 amide bonds. The minimum absolute atomic E-state index is 0.0159. The zero-order valence-electron chi connectivity index (χ0n) is 22.7. The van der Waals surface area contributed by atoms with E-state index in [0.29, 0.717) is 36.1 Å². The molecule has 0 spiro atoms. The van der Waals surface area contributed by atoms with Crippen molar-refractivity contribution in [3.63, 3.8) is 0 Å². The molecule has 0 aromatic carbocycles. The van der Waals surface area contributed by atoms with Crippen LogP contribution in [0.25, 0.3) is 10.2 Å². The molecule has 10 nitrogen and oxygen atoms in total. The Morgan fingerprint density at radius 3 is 2.79 bits per heavy atom. The number of thiophene rings is 1. The number of carbonyl (C=O) groups excluding carboxylic acids is 1. The predicted octanol–water partition coefficient (Wildman–Crippen LogP) is 2.53. The molecule has 38 heavy (non-hydrogen) atoms. The van der Waals surface area contributed by atoms with Crippen LogP contribution in [0.5, 0.6) is 0 Å². The maximum atomic E-state index is 13.2. The molecule has 0 radical (unpaired) electrons. The van der Waals surface area contributed by atoms with Crippen molar-refractivity contribution in [3.8, 4) is 0 Å². The van der Waals surface area contributed by atoms with Crippen LogP contribution >= 0.6 is 11.3 Å². The summed E-state index contributed by atoms with van der Waals surface area (Å²) in [4.78, 5) is 30.4. The van der Waals surface area contributed by atoms with Crippen LogP contribution in [0.1, 0.15) is 52.7 Å². The number of nitrogens with one attached hydrogen (secondary N) is 1. The Kier molecular flexibility index (Phi) is 7.29. The first-order valence-corrected chi connectivity index (χ1v) is 13.9. The Labute approximate surface area is 227 Å². The van der Waals surface area contributed by atoms with Gasteiger partial charge < -0.3 is 31.2 Å². The number of hydrogen-bond acceptors (Lipinski definition) is 10. The summed E-state index contributed by atoms with van der Waals surface area (Å²) in [7, 11) is 1.68. The summed E-state index contributed by atoms with van der Waals surface area (Å²) >= 11 is 1.32. The molecule has 5 rings (SSSR count). The van der Waals surface area contributed by atoms with Crippen LogP contribution in [0, 0.1) is 13.8 Å². The lowest BCUT2D eigenvalue weighted by Gasteiger charge is -2.30. The van der Waals surface area contributed by atoms with E-state index in [1.807, 2.05) is 33.8 Å². The molecule has 3 atom stereocenters. The van der Waals surface area contributed by atoms with E-state index in [1.54, 1.807) is 7.11 Å². The quantitative estimate of drug-likeness (QED) is 0.413. The van der Waals surface area contributed by atoms with Gasteiger partial charge in [-0.1, -0.05) is 6.07 Å². The third-order valence-corrected chi connectivity index (χ3v) is 8.37. The Balaban J connectivity index is 1.24. The number of nitrogens with two attached hydrogens (primary N) is 2. The second-order valence-corrected chi connectivity index (χ2v) is 12.0. The monoisotopic (exact) mass is 539 g/mol. The van der Waals surface area contributed by atoms with Crippen LogP contribution < -0.4 is 21.7 Å². The van der Waals surface area contributed by atoms with Gasteiger partial charge in [0, 0.05) is 31.9 Å². The molecule has 0 saturated carbocycles. The molecule has 204 valence electrons. The fourth-order valence-electron chi connectivity index (χ4n) is 5.55. The predicted molar refractivity (Wildman–Crippen MR) is 150 cm³/mol. The molecule has 1 fully saturated rings. The van der Waals surface area contributed by atoms with Gasteiger partial charge in [-0.3, -0.25) is 4.79 Å². The zero-order valence-corrected chi connectivity index (χ0v) is 23.5. The molecule has 1 aliphatic carbocycles. The minimum Gasteiger partial charge on any atom is -0.397 e. The summed E-state index contributed by atoms with van der Waals surface area (Å²) < 4.78 is 11.6. The van der Waals surface area contributed by atoms with E-state index in [2.05, 4.69) is 26.3 Å². The average molecular weight is 540 g/mol. The fraction of sp³-hybridized carbons (Fsp3) is 0.556. The number of ether oxygens (including phenoxy) is 2. The molecule has 0 bridgehead atoms. The number of amides is 1. The van der Waals surface area contributed by atoms with Crippen LogP contribution in [0.3, 0.4) is 0 Å². The van der Waals surface area contributed by atoms with Gasteiger partial charge in [0.1, 0.15) is 21.3 Å². The third-order valence-electron chi connectivity index (χ3n) is 7.27. The highest BCUT2D eigenvalue weighted by Crippen LogP contribution is 2.34. The maximum absolute atomic E-state index is 13.2. The van der Waals surface area contributed by atoms with E-state index in [0.717, 1.165) is 52.2 Å². The molecule has 5 N–H and O–H groups in total. The van der Waals surface area contributed by atoms with Gasteiger partial charge in [-0.25, -0.2) is 15.0 Å². The summed E-state index contributed by atoms with van der Waals surface area (Å²) in [5, 5.41) is 3.96.